The third-order valence-electron chi connectivity index (χ3n) is 3.99. The predicted molar refractivity (Wildman–Crippen MR) is 85.1 cm³/mol. The van der Waals surface area contributed by atoms with Crippen molar-refractivity contribution >= 4 is 5.91 Å². The minimum Gasteiger partial charge on any atom is -0.379 e. The highest BCUT2D eigenvalue weighted by molar-refractivity contribution is 5.92. The molecule has 0 radical (unpaired) electrons. The summed E-state index contributed by atoms with van der Waals surface area (Å²) < 4.78 is 10.4. The lowest BCUT2D eigenvalue weighted by Gasteiger charge is -2.34. The molecular formula is C17H21N3O3. The number of amides is 1. The second kappa shape index (κ2) is 7.39. The van der Waals surface area contributed by atoms with Crippen LogP contribution in [0, 0.1) is 6.92 Å². The maximum Gasteiger partial charge on any atom is 0.273 e. The molecule has 1 amide bonds. The van der Waals surface area contributed by atoms with Crippen molar-refractivity contribution < 1.29 is 14.1 Å². The summed E-state index contributed by atoms with van der Waals surface area (Å²) in [4.78, 5) is 14.5. The lowest BCUT2D eigenvalue weighted by molar-refractivity contribution is 0.0162. The molecule has 1 N–H and O–H groups in total. The molecule has 0 aliphatic carbocycles. The highest BCUT2D eigenvalue weighted by Crippen LogP contribution is 2.21. The smallest absolute Gasteiger partial charge is 0.273 e. The van der Waals surface area contributed by atoms with Crippen LogP contribution in [-0.2, 0) is 4.74 Å². The van der Waals surface area contributed by atoms with Crippen molar-refractivity contribution in [2.24, 2.45) is 0 Å². The number of carbonyl (C=O) groups excluding carboxylic acids is 1. The third kappa shape index (κ3) is 3.97. The fourth-order valence-electron chi connectivity index (χ4n) is 2.78. The predicted octanol–water partition coefficient (Wildman–Crippen LogP) is 1.79. The van der Waals surface area contributed by atoms with E-state index in [4.69, 9.17) is 9.26 Å². The molecule has 6 heteroatoms. The molecule has 2 heterocycles. The quantitative estimate of drug-likeness (QED) is 0.911. The molecule has 1 fully saturated rings. The van der Waals surface area contributed by atoms with Gasteiger partial charge in [-0.2, -0.15) is 0 Å². The van der Waals surface area contributed by atoms with Gasteiger partial charge >= 0.3 is 0 Å². The summed E-state index contributed by atoms with van der Waals surface area (Å²) in [6.45, 7) is 5.45. The molecule has 0 spiro atoms. The zero-order valence-corrected chi connectivity index (χ0v) is 13.2. The molecule has 3 rings (SSSR count). The van der Waals surface area contributed by atoms with Crippen LogP contribution in [0.2, 0.25) is 0 Å². The van der Waals surface area contributed by atoms with Gasteiger partial charge in [-0.25, -0.2) is 0 Å². The van der Waals surface area contributed by atoms with Crippen LogP contribution >= 0.6 is 0 Å². The van der Waals surface area contributed by atoms with Gasteiger partial charge < -0.3 is 14.6 Å². The summed E-state index contributed by atoms with van der Waals surface area (Å²) in [6.07, 6.45) is 0. The highest BCUT2D eigenvalue weighted by Gasteiger charge is 2.23. The van der Waals surface area contributed by atoms with Gasteiger partial charge in [0.2, 0.25) is 0 Å². The number of morpholine rings is 1. The number of rotatable bonds is 5. The van der Waals surface area contributed by atoms with Crippen molar-refractivity contribution in [3.8, 4) is 0 Å². The van der Waals surface area contributed by atoms with E-state index in [0.717, 1.165) is 26.3 Å². The van der Waals surface area contributed by atoms with Crippen LogP contribution in [0.3, 0.4) is 0 Å². The lowest BCUT2D eigenvalue weighted by Crippen LogP contribution is -2.43. The van der Waals surface area contributed by atoms with Crippen LogP contribution in [0.5, 0.6) is 0 Å². The van der Waals surface area contributed by atoms with Gasteiger partial charge in [0.15, 0.2) is 5.69 Å². The van der Waals surface area contributed by atoms with Crippen molar-refractivity contribution in [1.82, 2.24) is 15.4 Å². The number of carbonyl (C=O) groups is 1. The molecule has 23 heavy (non-hydrogen) atoms. The van der Waals surface area contributed by atoms with E-state index < -0.39 is 0 Å². The van der Waals surface area contributed by atoms with Gasteiger partial charge in [-0.15, -0.1) is 0 Å². The number of nitrogens with zero attached hydrogens (tertiary/aromatic N) is 2. The number of aryl methyl sites for hydroxylation is 1. The molecule has 0 bridgehead atoms. The van der Waals surface area contributed by atoms with Gasteiger partial charge in [-0.3, -0.25) is 9.69 Å². The normalized spacial score (nSPS) is 16.9. The molecule has 6 nitrogen and oxygen atoms in total. The third-order valence-corrected chi connectivity index (χ3v) is 3.99. The monoisotopic (exact) mass is 315 g/mol. The molecule has 1 aliphatic rings. The number of benzene rings is 1. The first-order valence-corrected chi connectivity index (χ1v) is 7.82. The van der Waals surface area contributed by atoms with E-state index >= 15 is 0 Å². The molecular weight excluding hydrogens is 294 g/mol. The zero-order chi connectivity index (χ0) is 16.1. The van der Waals surface area contributed by atoms with Crippen molar-refractivity contribution in [3.63, 3.8) is 0 Å². The highest BCUT2D eigenvalue weighted by atomic mass is 16.5. The standard InChI is InChI=1S/C17H21N3O3/c1-13-11-15(19-23-13)17(21)18-12-16(14-5-3-2-4-6-14)20-7-9-22-10-8-20/h2-6,11,16H,7-10,12H2,1H3,(H,18,21)/t16-/m0/s1. The largest absolute Gasteiger partial charge is 0.379 e. The van der Waals surface area contributed by atoms with Crippen LogP contribution in [0.4, 0.5) is 0 Å². The van der Waals surface area contributed by atoms with Crippen LogP contribution in [0.25, 0.3) is 0 Å². The Morgan fingerprint density at radius 3 is 2.70 bits per heavy atom. The summed E-state index contributed by atoms with van der Waals surface area (Å²) in [5.41, 5.74) is 1.50. The van der Waals surface area contributed by atoms with Gasteiger partial charge in [0.1, 0.15) is 5.76 Å². The maximum absolute atomic E-state index is 12.2. The number of ether oxygens (including phenoxy) is 1. The van der Waals surface area contributed by atoms with Crippen LogP contribution in [0.15, 0.2) is 40.9 Å². The van der Waals surface area contributed by atoms with E-state index in [1.807, 2.05) is 18.2 Å². The molecule has 1 aliphatic heterocycles. The molecule has 1 aromatic carbocycles. The van der Waals surface area contributed by atoms with Gasteiger partial charge in [0.25, 0.3) is 5.91 Å². The summed E-state index contributed by atoms with van der Waals surface area (Å²) in [5, 5.41) is 6.72. The van der Waals surface area contributed by atoms with Crippen molar-refractivity contribution in [3.05, 3.63) is 53.4 Å². The SMILES string of the molecule is Cc1cc(C(=O)NC[C@@H](c2ccccc2)N2CCOCC2)no1. The minimum absolute atomic E-state index is 0.122. The van der Waals surface area contributed by atoms with Gasteiger partial charge in [-0.1, -0.05) is 35.5 Å². The average molecular weight is 315 g/mol. The van der Waals surface area contributed by atoms with Gasteiger partial charge in [0.05, 0.1) is 19.3 Å². The molecule has 0 unspecified atom stereocenters. The fraction of sp³-hybridized carbons (Fsp3) is 0.412. The topological polar surface area (TPSA) is 67.6 Å². The Hall–Kier alpha value is -2.18. The minimum atomic E-state index is -0.212. The van der Waals surface area contributed by atoms with E-state index in [9.17, 15) is 4.79 Å². The van der Waals surface area contributed by atoms with Gasteiger partial charge in [0, 0.05) is 25.7 Å². The number of hydrogen-bond acceptors (Lipinski definition) is 5. The first kappa shape index (κ1) is 15.7. The average Bonchev–Trinajstić information content (AvgIpc) is 3.03. The van der Waals surface area contributed by atoms with Crippen molar-refractivity contribution in [2.75, 3.05) is 32.8 Å². The van der Waals surface area contributed by atoms with Crippen molar-refractivity contribution in [1.29, 1.82) is 0 Å². The Morgan fingerprint density at radius 1 is 1.30 bits per heavy atom. The second-order valence-corrected chi connectivity index (χ2v) is 5.61. The number of hydrogen-bond donors (Lipinski definition) is 1. The van der Waals surface area contributed by atoms with Crippen LogP contribution in [0.1, 0.15) is 27.9 Å². The Morgan fingerprint density at radius 2 is 2.04 bits per heavy atom. The summed E-state index contributed by atoms with van der Waals surface area (Å²) >= 11 is 0. The molecule has 0 saturated carbocycles. The molecule has 1 atom stereocenters. The van der Waals surface area contributed by atoms with Crippen molar-refractivity contribution in [2.45, 2.75) is 13.0 Å². The Kier molecular flexibility index (Phi) is 5.05. The Balaban J connectivity index is 1.69. The van der Waals surface area contributed by atoms with E-state index in [2.05, 4.69) is 27.5 Å². The summed E-state index contributed by atoms with van der Waals surface area (Å²) in [5.74, 6) is 0.416. The second-order valence-electron chi connectivity index (χ2n) is 5.61. The van der Waals surface area contributed by atoms with E-state index in [-0.39, 0.29) is 11.9 Å². The Bertz CT molecular complexity index is 636. The number of aromatic nitrogens is 1. The fourth-order valence-corrected chi connectivity index (χ4v) is 2.78. The molecule has 122 valence electrons. The van der Waals surface area contributed by atoms with E-state index in [1.165, 1.54) is 5.56 Å². The summed E-state index contributed by atoms with van der Waals surface area (Å²) in [7, 11) is 0. The lowest BCUT2D eigenvalue weighted by atomic mass is 10.0. The Labute approximate surface area is 135 Å². The molecule has 1 aromatic heterocycles. The first-order valence-electron chi connectivity index (χ1n) is 7.82. The van der Waals surface area contributed by atoms with E-state index in [1.54, 1.807) is 13.0 Å². The molecule has 2 aromatic rings. The van der Waals surface area contributed by atoms with Crippen LogP contribution in [-0.4, -0.2) is 48.8 Å². The number of nitrogens with one attached hydrogen (secondary N) is 1. The zero-order valence-electron chi connectivity index (χ0n) is 13.2. The molecule has 1 saturated heterocycles. The summed E-state index contributed by atoms with van der Waals surface area (Å²) in [6, 6.07) is 12.0. The first-order chi connectivity index (χ1) is 11.2. The maximum atomic E-state index is 12.2. The van der Waals surface area contributed by atoms with Crippen LogP contribution < -0.4 is 5.32 Å². The van der Waals surface area contributed by atoms with E-state index in [0.29, 0.717) is 18.0 Å². The van der Waals surface area contributed by atoms with Gasteiger partial charge in [-0.05, 0) is 12.5 Å².